The number of nitrogens with two attached hydrogens (primary N) is 1. The molecule has 1 aromatic carbocycles. The molecule has 0 atom stereocenters. The largest absolute Gasteiger partial charge is 0.395 e. The highest BCUT2D eigenvalue weighted by Crippen LogP contribution is 2.30. The van der Waals surface area contributed by atoms with Gasteiger partial charge < -0.3 is 16.2 Å². The zero-order valence-corrected chi connectivity index (χ0v) is 8.36. The molecular weight excluding hydrogens is 198 g/mol. The fraction of sp³-hybridized carbons (Fsp3) is 0.333. The zero-order chi connectivity index (χ0) is 11.4. The van der Waals surface area contributed by atoms with Crippen LogP contribution in [0.5, 0.6) is 0 Å². The number of aliphatic hydroxyl groups is 1. The van der Waals surface area contributed by atoms with Gasteiger partial charge in [-0.2, -0.15) is 0 Å². The van der Waals surface area contributed by atoms with E-state index in [1.807, 2.05) is 0 Å². The van der Waals surface area contributed by atoms with E-state index in [9.17, 15) is 10.1 Å². The van der Waals surface area contributed by atoms with Crippen LogP contribution in [0.1, 0.15) is 5.56 Å². The van der Waals surface area contributed by atoms with Gasteiger partial charge in [0.15, 0.2) is 0 Å². The summed E-state index contributed by atoms with van der Waals surface area (Å²) in [6.45, 7) is 2.00. The van der Waals surface area contributed by atoms with Gasteiger partial charge in [0.1, 0.15) is 5.69 Å². The first-order valence-electron chi connectivity index (χ1n) is 4.45. The highest BCUT2D eigenvalue weighted by Gasteiger charge is 2.15. The summed E-state index contributed by atoms with van der Waals surface area (Å²) >= 11 is 0. The average molecular weight is 211 g/mol. The molecule has 0 amide bonds. The van der Waals surface area contributed by atoms with Crippen LogP contribution in [0.15, 0.2) is 12.1 Å². The molecule has 1 aromatic rings. The summed E-state index contributed by atoms with van der Waals surface area (Å²) in [4.78, 5) is 10.1. The van der Waals surface area contributed by atoms with Crippen LogP contribution in [0.4, 0.5) is 17.1 Å². The number of benzene rings is 1. The number of nitrogens with zero attached hydrogens (tertiary/aromatic N) is 1. The van der Waals surface area contributed by atoms with Crippen LogP contribution in [-0.2, 0) is 0 Å². The molecule has 0 spiro atoms. The Hall–Kier alpha value is -1.82. The number of nitrogen functional groups attached to an aromatic ring is 1. The van der Waals surface area contributed by atoms with Crippen molar-refractivity contribution in [3.05, 3.63) is 27.8 Å². The Morgan fingerprint density at radius 1 is 1.60 bits per heavy atom. The monoisotopic (exact) mass is 211 g/mol. The van der Waals surface area contributed by atoms with Crippen molar-refractivity contribution in [3.63, 3.8) is 0 Å². The number of anilines is 2. The van der Waals surface area contributed by atoms with E-state index >= 15 is 0 Å². The van der Waals surface area contributed by atoms with Crippen LogP contribution in [0, 0.1) is 17.0 Å². The lowest BCUT2D eigenvalue weighted by Gasteiger charge is -2.09. The molecule has 0 saturated heterocycles. The van der Waals surface area contributed by atoms with E-state index in [1.54, 1.807) is 13.0 Å². The Balaban J connectivity index is 3.10. The SMILES string of the molecule is Cc1cc(NCCO)c(N)c([N+](=O)[O-])c1. The molecule has 0 bridgehead atoms. The Morgan fingerprint density at radius 3 is 2.80 bits per heavy atom. The number of nitrogens with one attached hydrogen (secondary N) is 1. The van der Waals surface area contributed by atoms with Gasteiger partial charge in [-0.15, -0.1) is 0 Å². The van der Waals surface area contributed by atoms with Gasteiger partial charge in [0.05, 0.1) is 17.2 Å². The van der Waals surface area contributed by atoms with Gasteiger partial charge >= 0.3 is 0 Å². The van der Waals surface area contributed by atoms with Crippen molar-refractivity contribution in [1.82, 2.24) is 0 Å². The van der Waals surface area contributed by atoms with E-state index in [0.717, 1.165) is 5.56 Å². The minimum absolute atomic E-state index is 0.0544. The number of aliphatic hydroxyl groups excluding tert-OH is 1. The molecule has 6 nitrogen and oxygen atoms in total. The summed E-state index contributed by atoms with van der Waals surface area (Å²) in [6, 6.07) is 3.12. The van der Waals surface area contributed by atoms with Gasteiger partial charge in [-0.25, -0.2) is 0 Å². The van der Waals surface area contributed by atoms with Crippen LogP contribution >= 0.6 is 0 Å². The van der Waals surface area contributed by atoms with Crippen molar-refractivity contribution >= 4 is 17.1 Å². The van der Waals surface area contributed by atoms with Gasteiger partial charge in [-0.1, -0.05) is 0 Å². The van der Waals surface area contributed by atoms with Gasteiger partial charge in [0.2, 0.25) is 0 Å². The number of nitro benzene ring substituents is 1. The quantitative estimate of drug-likeness (QED) is 0.390. The lowest BCUT2D eigenvalue weighted by atomic mass is 10.1. The molecule has 0 aromatic heterocycles. The van der Waals surface area contributed by atoms with E-state index in [-0.39, 0.29) is 18.0 Å². The summed E-state index contributed by atoms with van der Waals surface area (Å²) in [5.41, 5.74) is 6.82. The van der Waals surface area contributed by atoms with Crippen molar-refractivity contribution in [2.75, 3.05) is 24.2 Å². The van der Waals surface area contributed by atoms with Gasteiger partial charge in [0, 0.05) is 12.6 Å². The highest BCUT2D eigenvalue weighted by atomic mass is 16.6. The number of aryl methyl sites for hydroxylation is 1. The summed E-state index contributed by atoms with van der Waals surface area (Å²) in [5.74, 6) is 0. The summed E-state index contributed by atoms with van der Waals surface area (Å²) in [5, 5.41) is 22.1. The molecule has 15 heavy (non-hydrogen) atoms. The number of hydrogen-bond donors (Lipinski definition) is 3. The van der Waals surface area contributed by atoms with Gasteiger partial charge in [0.25, 0.3) is 5.69 Å². The summed E-state index contributed by atoms with van der Waals surface area (Å²) in [6.07, 6.45) is 0. The first-order chi connectivity index (χ1) is 7.06. The molecule has 0 unspecified atom stereocenters. The van der Waals surface area contributed by atoms with Gasteiger partial charge in [-0.3, -0.25) is 10.1 Å². The molecule has 0 aliphatic rings. The Bertz CT molecular complexity index is 379. The third kappa shape index (κ3) is 2.57. The van der Waals surface area contributed by atoms with Crippen LogP contribution < -0.4 is 11.1 Å². The average Bonchev–Trinajstić information content (AvgIpc) is 2.18. The van der Waals surface area contributed by atoms with Crippen LogP contribution in [-0.4, -0.2) is 23.2 Å². The second-order valence-electron chi connectivity index (χ2n) is 3.15. The van der Waals surface area contributed by atoms with E-state index in [4.69, 9.17) is 10.8 Å². The van der Waals surface area contributed by atoms with Crippen molar-refractivity contribution in [3.8, 4) is 0 Å². The van der Waals surface area contributed by atoms with E-state index in [1.165, 1.54) is 6.07 Å². The molecule has 0 saturated carbocycles. The zero-order valence-electron chi connectivity index (χ0n) is 8.36. The molecule has 6 heteroatoms. The molecule has 1 rings (SSSR count). The van der Waals surface area contributed by atoms with Crippen molar-refractivity contribution in [2.45, 2.75) is 6.92 Å². The fourth-order valence-corrected chi connectivity index (χ4v) is 1.27. The first kappa shape index (κ1) is 11.3. The normalized spacial score (nSPS) is 10.0. The van der Waals surface area contributed by atoms with Crippen molar-refractivity contribution in [1.29, 1.82) is 0 Å². The third-order valence-corrected chi connectivity index (χ3v) is 1.93. The Labute approximate surface area is 86.9 Å². The molecule has 0 heterocycles. The van der Waals surface area contributed by atoms with E-state index in [0.29, 0.717) is 12.2 Å². The van der Waals surface area contributed by atoms with Crippen molar-refractivity contribution < 1.29 is 10.0 Å². The maximum absolute atomic E-state index is 10.6. The maximum Gasteiger partial charge on any atom is 0.294 e. The smallest absolute Gasteiger partial charge is 0.294 e. The van der Waals surface area contributed by atoms with E-state index in [2.05, 4.69) is 5.32 Å². The minimum Gasteiger partial charge on any atom is -0.395 e. The number of hydrogen-bond acceptors (Lipinski definition) is 5. The molecule has 0 aliphatic carbocycles. The lowest BCUT2D eigenvalue weighted by Crippen LogP contribution is -2.09. The van der Waals surface area contributed by atoms with Crippen LogP contribution in [0.25, 0.3) is 0 Å². The third-order valence-electron chi connectivity index (χ3n) is 1.93. The van der Waals surface area contributed by atoms with E-state index < -0.39 is 4.92 Å². The standard InChI is InChI=1S/C9H13N3O3/c1-6-4-7(11-2-3-13)9(10)8(5-6)12(14)15/h4-5,11,13H,2-3,10H2,1H3. The topological polar surface area (TPSA) is 101 Å². The summed E-state index contributed by atoms with van der Waals surface area (Å²) < 4.78 is 0. The second kappa shape index (κ2) is 4.61. The fourth-order valence-electron chi connectivity index (χ4n) is 1.27. The molecule has 4 N–H and O–H groups in total. The summed E-state index contributed by atoms with van der Waals surface area (Å²) in [7, 11) is 0. The van der Waals surface area contributed by atoms with Crippen molar-refractivity contribution in [2.24, 2.45) is 0 Å². The minimum atomic E-state index is -0.521. The molecule has 0 radical (unpaired) electrons. The molecular formula is C9H13N3O3. The maximum atomic E-state index is 10.6. The predicted octanol–water partition coefficient (Wildman–Crippen LogP) is 0.890. The van der Waals surface area contributed by atoms with Crippen LogP contribution in [0.3, 0.4) is 0 Å². The molecule has 0 fully saturated rings. The first-order valence-corrected chi connectivity index (χ1v) is 4.45. The Kier molecular flexibility index (Phi) is 3.46. The van der Waals surface area contributed by atoms with Crippen LogP contribution in [0.2, 0.25) is 0 Å². The highest BCUT2D eigenvalue weighted by molar-refractivity contribution is 5.77. The second-order valence-corrected chi connectivity index (χ2v) is 3.15. The lowest BCUT2D eigenvalue weighted by molar-refractivity contribution is -0.383. The number of rotatable bonds is 4. The van der Waals surface area contributed by atoms with Gasteiger partial charge in [-0.05, 0) is 18.6 Å². The molecule has 82 valence electrons. The Morgan fingerprint density at radius 2 is 2.27 bits per heavy atom. The predicted molar refractivity (Wildman–Crippen MR) is 57.8 cm³/mol. The number of nitro groups is 1. The molecule has 0 aliphatic heterocycles.